The van der Waals surface area contributed by atoms with Gasteiger partial charge in [0.2, 0.25) is 0 Å². The Morgan fingerprint density at radius 2 is 2.39 bits per heavy atom. The Morgan fingerprint density at radius 3 is 2.89 bits per heavy atom. The minimum Gasteiger partial charge on any atom is -0.394 e. The highest BCUT2D eigenvalue weighted by atomic mass is 16.6. The van der Waals surface area contributed by atoms with E-state index < -0.39 is 30.2 Å². The molecule has 0 amide bonds. The van der Waals surface area contributed by atoms with Crippen LogP contribution in [0.4, 0.5) is 5.82 Å². The van der Waals surface area contributed by atoms with Crippen LogP contribution in [0.5, 0.6) is 0 Å². The molecule has 4 atom stereocenters. The standard InChI is InChI=1S/C10H15N3O5/c1-17-8-5(4-14)18-9(7(8)15)13-3-2-6(11)12-10(13)16/h2-3,5,7-9,14-15H,4H2,1H3,(H2,11,12,16)/t5-,7+,8+,9-/m1/s1. The summed E-state index contributed by atoms with van der Waals surface area (Å²) in [6.45, 7) is -0.316. The average Bonchev–Trinajstić information content (AvgIpc) is 2.66. The summed E-state index contributed by atoms with van der Waals surface area (Å²) >= 11 is 0. The Kier molecular flexibility index (Phi) is 3.62. The zero-order valence-electron chi connectivity index (χ0n) is 9.76. The second-order valence-corrected chi connectivity index (χ2v) is 3.98. The topological polar surface area (TPSA) is 120 Å². The van der Waals surface area contributed by atoms with Crippen LogP contribution in [-0.2, 0) is 9.47 Å². The predicted molar refractivity (Wildman–Crippen MR) is 60.7 cm³/mol. The lowest BCUT2D eigenvalue weighted by atomic mass is 10.1. The van der Waals surface area contributed by atoms with Crippen molar-refractivity contribution in [2.75, 3.05) is 19.5 Å². The average molecular weight is 257 g/mol. The number of nitrogen functional groups attached to an aromatic ring is 1. The number of rotatable bonds is 3. The van der Waals surface area contributed by atoms with Gasteiger partial charge in [-0.1, -0.05) is 0 Å². The van der Waals surface area contributed by atoms with Crippen LogP contribution in [0.25, 0.3) is 0 Å². The Labute approximate surface area is 103 Å². The molecule has 1 saturated heterocycles. The van der Waals surface area contributed by atoms with Crippen LogP contribution in [-0.4, -0.2) is 51.8 Å². The van der Waals surface area contributed by atoms with Crippen molar-refractivity contribution in [2.24, 2.45) is 0 Å². The van der Waals surface area contributed by atoms with E-state index in [0.29, 0.717) is 0 Å². The first kappa shape index (κ1) is 13.0. The molecule has 8 nitrogen and oxygen atoms in total. The Balaban J connectivity index is 2.32. The van der Waals surface area contributed by atoms with Crippen LogP contribution in [0.1, 0.15) is 6.23 Å². The first-order valence-corrected chi connectivity index (χ1v) is 5.40. The number of aromatic nitrogens is 2. The quantitative estimate of drug-likeness (QED) is 0.578. The third kappa shape index (κ3) is 2.10. The number of hydrogen-bond acceptors (Lipinski definition) is 7. The van der Waals surface area contributed by atoms with Crippen LogP contribution in [0, 0.1) is 0 Å². The normalized spacial score (nSPS) is 31.7. The molecule has 1 aliphatic heterocycles. The number of methoxy groups -OCH3 is 1. The van der Waals surface area contributed by atoms with Crippen molar-refractivity contribution in [3.8, 4) is 0 Å². The summed E-state index contributed by atoms with van der Waals surface area (Å²) in [7, 11) is 1.40. The summed E-state index contributed by atoms with van der Waals surface area (Å²) in [6, 6.07) is 1.42. The van der Waals surface area contributed by atoms with Crippen molar-refractivity contribution in [1.29, 1.82) is 0 Å². The molecule has 0 unspecified atom stereocenters. The molecule has 1 aliphatic rings. The third-order valence-corrected chi connectivity index (χ3v) is 2.89. The minimum absolute atomic E-state index is 0.0886. The minimum atomic E-state index is -1.07. The molecule has 0 spiro atoms. The molecular formula is C10H15N3O5. The van der Waals surface area contributed by atoms with E-state index in [1.807, 2.05) is 0 Å². The summed E-state index contributed by atoms with van der Waals surface area (Å²) in [5, 5.41) is 19.1. The Bertz CT molecular complexity index is 477. The molecule has 8 heteroatoms. The first-order chi connectivity index (χ1) is 8.58. The number of aliphatic hydroxyl groups is 2. The molecule has 2 heterocycles. The van der Waals surface area contributed by atoms with Gasteiger partial charge in [-0.25, -0.2) is 4.79 Å². The second kappa shape index (κ2) is 5.02. The maximum Gasteiger partial charge on any atom is 0.351 e. The fourth-order valence-corrected chi connectivity index (χ4v) is 2.01. The molecule has 2 rings (SSSR count). The molecule has 1 fully saturated rings. The summed E-state index contributed by atoms with van der Waals surface area (Å²) < 4.78 is 11.6. The van der Waals surface area contributed by atoms with Gasteiger partial charge < -0.3 is 25.4 Å². The number of anilines is 1. The van der Waals surface area contributed by atoms with E-state index in [4.69, 9.17) is 20.3 Å². The van der Waals surface area contributed by atoms with Gasteiger partial charge in [0.25, 0.3) is 0 Å². The maximum atomic E-state index is 11.6. The summed E-state index contributed by atoms with van der Waals surface area (Å²) in [4.78, 5) is 15.2. The van der Waals surface area contributed by atoms with Crippen molar-refractivity contribution >= 4 is 5.82 Å². The fraction of sp³-hybridized carbons (Fsp3) is 0.600. The maximum absolute atomic E-state index is 11.6. The second-order valence-electron chi connectivity index (χ2n) is 3.98. The van der Waals surface area contributed by atoms with Gasteiger partial charge >= 0.3 is 5.69 Å². The molecule has 0 bridgehead atoms. The highest BCUT2D eigenvalue weighted by Crippen LogP contribution is 2.29. The lowest BCUT2D eigenvalue weighted by Crippen LogP contribution is -2.37. The molecule has 0 aromatic carbocycles. The fourth-order valence-electron chi connectivity index (χ4n) is 2.01. The van der Waals surface area contributed by atoms with Gasteiger partial charge in [-0.15, -0.1) is 0 Å². The number of hydrogen-bond donors (Lipinski definition) is 3. The zero-order chi connectivity index (χ0) is 13.3. The van der Waals surface area contributed by atoms with Gasteiger partial charge in [-0.2, -0.15) is 4.98 Å². The van der Waals surface area contributed by atoms with Gasteiger partial charge in [0.05, 0.1) is 6.61 Å². The molecule has 100 valence electrons. The number of aliphatic hydroxyl groups excluding tert-OH is 2. The van der Waals surface area contributed by atoms with Crippen molar-refractivity contribution in [2.45, 2.75) is 24.5 Å². The molecule has 0 radical (unpaired) electrons. The van der Waals surface area contributed by atoms with E-state index in [2.05, 4.69) is 4.98 Å². The molecule has 1 aromatic heterocycles. The monoisotopic (exact) mass is 257 g/mol. The molecular weight excluding hydrogens is 242 g/mol. The van der Waals surface area contributed by atoms with Gasteiger partial charge in [-0.05, 0) is 6.07 Å². The van der Waals surface area contributed by atoms with Crippen LogP contribution in [0.15, 0.2) is 17.1 Å². The van der Waals surface area contributed by atoms with E-state index in [9.17, 15) is 9.90 Å². The zero-order valence-corrected chi connectivity index (χ0v) is 9.76. The summed E-state index contributed by atoms with van der Waals surface area (Å²) in [6.07, 6.45) is -2.04. The van der Waals surface area contributed by atoms with E-state index in [1.54, 1.807) is 0 Å². The number of ether oxygens (including phenoxy) is 2. The Hall–Kier alpha value is -1.48. The largest absolute Gasteiger partial charge is 0.394 e. The van der Waals surface area contributed by atoms with Crippen molar-refractivity contribution < 1.29 is 19.7 Å². The van der Waals surface area contributed by atoms with Crippen LogP contribution < -0.4 is 11.4 Å². The highest BCUT2D eigenvalue weighted by Gasteiger charge is 2.45. The molecule has 1 aromatic rings. The lowest BCUT2D eigenvalue weighted by molar-refractivity contribution is -0.0568. The van der Waals surface area contributed by atoms with Crippen LogP contribution in [0.2, 0.25) is 0 Å². The highest BCUT2D eigenvalue weighted by molar-refractivity contribution is 5.23. The van der Waals surface area contributed by atoms with E-state index >= 15 is 0 Å². The molecule has 0 saturated carbocycles. The molecule has 18 heavy (non-hydrogen) atoms. The van der Waals surface area contributed by atoms with Crippen molar-refractivity contribution in [3.05, 3.63) is 22.7 Å². The third-order valence-electron chi connectivity index (χ3n) is 2.89. The van der Waals surface area contributed by atoms with Gasteiger partial charge in [-0.3, -0.25) is 4.57 Å². The van der Waals surface area contributed by atoms with Crippen LogP contribution >= 0.6 is 0 Å². The van der Waals surface area contributed by atoms with E-state index in [-0.39, 0.29) is 12.4 Å². The first-order valence-electron chi connectivity index (χ1n) is 5.40. The van der Waals surface area contributed by atoms with Crippen molar-refractivity contribution in [3.63, 3.8) is 0 Å². The Morgan fingerprint density at radius 1 is 1.67 bits per heavy atom. The van der Waals surface area contributed by atoms with Crippen LogP contribution in [0.3, 0.4) is 0 Å². The van der Waals surface area contributed by atoms with Gasteiger partial charge in [0, 0.05) is 13.3 Å². The summed E-state index contributed by atoms with van der Waals surface area (Å²) in [5.41, 5.74) is 4.74. The van der Waals surface area contributed by atoms with Crippen molar-refractivity contribution in [1.82, 2.24) is 9.55 Å². The van der Waals surface area contributed by atoms with E-state index in [0.717, 1.165) is 4.57 Å². The number of nitrogens with zero attached hydrogens (tertiary/aromatic N) is 2. The van der Waals surface area contributed by atoms with Gasteiger partial charge in [0.15, 0.2) is 6.23 Å². The smallest absolute Gasteiger partial charge is 0.351 e. The van der Waals surface area contributed by atoms with E-state index in [1.165, 1.54) is 19.4 Å². The van der Waals surface area contributed by atoms with Gasteiger partial charge in [0.1, 0.15) is 24.1 Å². The molecule has 4 N–H and O–H groups in total. The molecule has 0 aliphatic carbocycles. The summed E-state index contributed by atoms with van der Waals surface area (Å²) in [5.74, 6) is 0.0886. The lowest BCUT2D eigenvalue weighted by Gasteiger charge is -2.18. The SMILES string of the molecule is CO[C@@H]1[C@H](O)[C@H](n2ccc(N)nc2=O)O[C@@H]1CO. The predicted octanol–water partition coefficient (Wildman–Crippen LogP) is -1.91. The number of nitrogens with two attached hydrogens (primary N) is 1.